The van der Waals surface area contributed by atoms with Gasteiger partial charge in [-0.15, -0.1) is 0 Å². The monoisotopic (exact) mass is 377 g/mol. The molecule has 144 valence electrons. The summed E-state index contributed by atoms with van der Waals surface area (Å²) in [6.45, 7) is 2.73. The highest BCUT2D eigenvalue weighted by Gasteiger charge is 2.34. The van der Waals surface area contributed by atoms with Gasteiger partial charge in [0.15, 0.2) is 0 Å². The van der Waals surface area contributed by atoms with E-state index < -0.39 is 0 Å². The maximum Gasteiger partial charge on any atom is 0.249 e. The van der Waals surface area contributed by atoms with Gasteiger partial charge >= 0.3 is 0 Å². The molecular formula is C22H23N3O3. The molecule has 6 heteroatoms. The summed E-state index contributed by atoms with van der Waals surface area (Å²) < 4.78 is 10.9. The molecule has 1 fully saturated rings. The fourth-order valence-electron chi connectivity index (χ4n) is 3.63. The van der Waals surface area contributed by atoms with Gasteiger partial charge in [-0.1, -0.05) is 53.2 Å². The van der Waals surface area contributed by atoms with Crippen LogP contribution in [0.2, 0.25) is 0 Å². The van der Waals surface area contributed by atoms with Crippen LogP contribution >= 0.6 is 0 Å². The van der Waals surface area contributed by atoms with Gasteiger partial charge in [0, 0.05) is 17.7 Å². The third-order valence-corrected chi connectivity index (χ3v) is 5.14. The van der Waals surface area contributed by atoms with Crippen molar-refractivity contribution in [1.82, 2.24) is 15.0 Å². The van der Waals surface area contributed by atoms with Crippen LogP contribution in [-0.4, -0.2) is 34.6 Å². The zero-order valence-electron chi connectivity index (χ0n) is 16.1. The summed E-state index contributed by atoms with van der Waals surface area (Å²) in [7, 11) is 1.62. The summed E-state index contributed by atoms with van der Waals surface area (Å²) in [6.07, 6.45) is 2.04. The summed E-state index contributed by atoms with van der Waals surface area (Å²) in [5, 5.41) is 4.12. The lowest BCUT2D eigenvalue weighted by atomic mass is 10.1. The van der Waals surface area contributed by atoms with Crippen molar-refractivity contribution in [2.75, 3.05) is 13.7 Å². The molecule has 1 aliphatic rings. The number of aromatic nitrogens is 2. The number of benzene rings is 2. The van der Waals surface area contributed by atoms with Gasteiger partial charge in [0.25, 0.3) is 0 Å². The summed E-state index contributed by atoms with van der Waals surface area (Å²) in [6, 6.07) is 15.4. The second-order valence-corrected chi connectivity index (χ2v) is 7.06. The number of carbonyl (C=O) groups is 1. The number of methoxy groups -OCH3 is 1. The summed E-state index contributed by atoms with van der Waals surface area (Å²) in [5.41, 5.74) is 2.97. The van der Waals surface area contributed by atoms with E-state index in [9.17, 15) is 4.79 Å². The predicted octanol–water partition coefficient (Wildman–Crippen LogP) is 3.96. The van der Waals surface area contributed by atoms with Crippen LogP contribution in [0, 0.1) is 6.92 Å². The first-order valence-corrected chi connectivity index (χ1v) is 9.47. The molecule has 0 spiro atoms. The minimum absolute atomic E-state index is 0.0436. The zero-order chi connectivity index (χ0) is 19.5. The number of carbonyl (C=O) groups excluding carboxylic acids is 1. The van der Waals surface area contributed by atoms with Gasteiger partial charge in [-0.2, -0.15) is 4.98 Å². The maximum absolute atomic E-state index is 13.0. The summed E-state index contributed by atoms with van der Waals surface area (Å²) in [4.78, 5) is 19.4. The van der Waals surface area contributed by atoms with Crippen molar-refractivity contribution in [3.8, 4) is 17.1 Å². The van der Waals surface area contributed by atoms with Crippen LogP contribution in [0.1, 0.15) is 35.9 Å². The first-order chi connectivity index (χ1) is 13.7. The number of nitrogens with zero attached hydrogens (tertiary/aromatic N) is 3. The van der Waals surface area contributed by atoms with Crippen molar-refractivity contribution in [2.45, 2.75) is 32.2 Å². The number of aryl methyl sites for hydroxylation is 1. The van der Waals surface area contributed by atoms with Gasteiger partial charge in [-0.3, -0.25) is 4.79 Å². The Morgan fingerprint density at radius 2 is 2.00 bits per heavy atom. The predicted molar refractivity (Wildman–Crippen MR) is 105 cm³/mol. The summed E-state index contributed by atoms with van der Waals surface area (Å²) >= 11 is 0. The first kappa shape index (κ1) is 18.2. The normalized spacial score (nSPS) is 16.4. The Morgan fingerprint density at radius 3 is 2.79 bits per heavy atom. The lowest BCUT2D eigenvalue weighted by molar-refractivity contribution is -0.131. The zero-order valence-corrected chi connectivity index (χ0v) is 16.1. The highest BCUT2D eigenvalue weighted by molar-refractivity contribution is 5.80. The van der Waals surface area contributed by atoms with E-state index in [4.69, 9.17) is 9.26 Å². The van der Waals surface area contributed by atoms with Crippen LogP contribution < -0.4 is 4.74 Å². The maximum atomic E-state index is 13.0. The number of hydrogen-bond donors (Lipinski definition) is 0. The molecule has 2 aromatic carbocycles. The Morgan fingerprint density at radius 1 is 1.21 bits per heavy atom. The average Bonchev–Trinajstić information content (AvgIpc) is 3.38. The number of rotatable bonds is 5. The largest absolute Gasteiger partial charge is 0.496 e. The van der Waals surface area contributed by atoms with E-state index in [-0.39, 0.29) is 11.9 Å². The molecule has 1 saturated heterocycles. The quantitative estimate of drug-likeness (QED) is 0.673. The van der Waals surface area contributed by atoms with Crippen molar-refractivity contribution in [1.29, 1.82) is 0 Å². The summed E-state index contributed by atoms with van der Waals surface area (Å²) in [5.74, 6) is 1.83. The Labute approximate surface area is 164 Å². The number of ether oxygens (including phenoxy) is 1. The van der Waals surface area contributed by atoms with Gasteiger partial charge in [0.2, 0.25) is 17.6 Å². The topological polar surface area (TPSA) is 68.5 Å². The van der Waals surface area contributed by atoms with Crippen LogP contribution in [-0.2, 0) is 11.2 Å². The second kappa shape index (κ2) is 7.84. The number of hydrogen-bond acceptors (Lipinski definition) is 5. The average molecular weight is 377 g/mol. The van der Waals surface area contributed by atoms with Crippen molar-refractivity contribution in [3.05, 3.63) is 65.5 Å². The van der Waals surface area contributed by atoms with Gasteiger partial charge in [-0.05, 0) is 25.8 Å². The fourth-order valence-corrected chi connectivity index (χ4v) is 3.63. The standard InChI is InChI=1S/C22H23N3O3/c1-15-9-11-16(12-10-15)21-23-22(28-24-21)18-7-5-13-25(18)20(26)14-17-6-3-4-8-19(17)27-2/h3-4,6,8-12,18H,5,7,13-14H2,1-2H3. The molecule has 2 heterocycles. The Kier molecular flexibility index (Phi) is 5.10. The van der Waals surface area contributed by atoms with Crippen LogP contribution in [0.25, 0.3) is 11.4 Å². The van der Waals surface area contributed by atoms with Gasteiger partial charge in [-0.25, -0.2) is 0 Å². The van der Waals surface area contributed by atoms with Crippen LogP contribution in [0.5, 0.6) is 5.75 Å². The van der Waals surface area contributed by atoms with E-state index in [1.54, 1.807) is 7.11 Å². The Bertz CT molecular complexity index is 965. The molecule has 1 aromatic heterocycles. The Balaban J connectivity index is 1.52. The van der Waals surface area contributed by atoms with E-state index in [0.717, 1.165) is 29.7 Å². The molecular weight excluding hydrogens is 354 g/mol. The molecule has 1 unspecified atom stereocenters. The lowest BCUT2D eigenvalue weighted by Gasteiger charge is -2.22. The van der Waals surface area contributed by atoms with Gasteiger partial charge in [0.05, 0.1) is 13.5 Å². The molecule has 3 aromatic rings. The molecule has 28 heavy (non-hydrogen) atoms. The molecule has 0 radical (unpaired) electrons. The van der Waals surface area contributed by atoms with Crippen molar-refractivity contribution < 1.29 is 14.1 Å². The highest BCUT2D eigenvalue weighted by atomic mass is 16.5. The third-order valence-electron chi connectivity index (χ3n) is 5.14. The van der Waals surface area contributed by atoms with Crippen LogP contribution in [0.3, 0.4) is 0 Å². The van der Waals surface area contributed by atoms with E-state index in [2.05, 4.69) is 10.1 Å². The molecule has 1 aliphatic heterocycles. The first-order valence-electron chi connectivity index (χ1n) is 9.47. The van der Waals surface area contributed by atoms with Crippen molar-refractivity contribution in [3.63, 3.8) is 0 Å². The number of amides is 1. The smallest absolute Gasteiger partial charge is 0.249 e. The molecule has 4 rings (SSSR count). The molecule has 0 bridgehead atoms. The number of para-hydroxylation sites is 1. The Hall–Kier alpha value is -3.15. The minimum Gasteiger partial charge on any atom is -0.496 e. The van der Waals surface area contributed by atoms with Gasteiger partial charge < -0.3 is 14.2 Å². The highest BCUT2D eigenvalue weighted by Crippen LogP contribution is 2.33. The molecule has 0 aliphatic carbocycles. The van der Waals surface area contributed by atoms with Crippen LogP contribution in [0.15, 0.2) is 53.1 Å². The van der Waals surface area contributed by atoms with Gasteiger partial charge in [0.1, 0.15) is 11.8 Å². The third kappa shape index (κ3) is 3.63. The van der Waals surface area contributed by atoms with E-state index in [1.807, 2.05) is 60.4 Å². The molecule has 1 atom stereocenters. The number of likely N-dealkylation sites (tertiary alicyclic amines) is 1. The van der Waals surface area contributed by atoms with Crippen molar-refractivity contribution >= 4 is 5.91 Å². The SMILES string of the molecule is COc1ccccc1CC(=O)N1CCCC1c1nc(-c2ccc(C)cc2)no1. The van der Waals surface area contributed by atoms with E-state index in [0.29, 0.717) is 24.7 Å². The second-order valence-electron chi connectivity index (χ2n) is 7.06. The fraction of sp³-hybridized carbons (Fsp3) is 0.318. The lowest BCUT2D eigenvalue weighted by Crippen LogP contribution is -2.32. The molecule has 0 N–H and O–H groups in total. The molecule has 1 amide bonds. The molecule has 6 nitrogen and oxygen atoms in total. The minimum atomic E-state index is -0.172. The van der Waals surface area contributed by atoms with Crippen LogP contribution in [0.4, 0.5) is 0 Å². The van der Waals surface area contributed by atoms with E-state index in [1.165, 1.54) is 5.56 Å². The van der Waals surface area contributed by atoms with Crippen molar-refractivity contribution in [2.24, 2.45) is 0 Å². The van der Waals surface area contributed by atoms with E-state index >= 15 is 0 Å². The molecule has 0 saturated carbocycles.